The average molecular weight is 649 g/mol. The first-order chi connectivity index (χ1) is 21.5. The van der Waals surface area contributed by atoms with Crippen molar-refractivity contribution in [1.82, 2.24) is 0 Å². The van der Waals surface area contributed by atoms with Crippen LogP contribution in [0.3, 0.4) is 0 Å². The van der Waals surface area contributed by atoms with Crippen LogP contribution < -0.4 is 0 Å². The molecule has 13 heteroatoms. The molecule has 1 rings (SSSR count). The Bertz CT molecular complexity index is 851. The predicted octanol–water partition coefficient (Wildman–Crippen LogP) is 3.26. The number of esters is 4. The Labute approximate surface area is 267 Å². The third-order valence-electron chi connectivity index (χ3n) is 7.41. The summed E-state index contributed by atoms with van der Waals surface area (Å²) in [7, 11) is 0. The highest BCUT2D eigenvalue weighted by molar-refractivity contribution is 5.71. The van der Waals surface area contributed by atoms with Crippen LogP contribution in [0.4, 0.5) is 0 Å². The van der Waals surface area contributed by atoms with Crippen LogP contribution in [0, 0.1) is 0 Å². The van der Waals surface area contributed by atoms with Crippen LogP contribution in [-0.2, 0) is 47.6 Å². The highest BCUT2D eigenvalue weighted by Gasteiger charge is 2.53. The van der Waals surface area contributed by atoms with E-state index in [-0.39, 0.29) is 12.8 Å². The summed E-state index contributed by atoms with van der Waals surface area (Å²) in [4.78, 5) is 49.7. The third kappa shape index (κ3) is 17.2. The fourth-order valence-corrected chi connectivity index (χ4v) is 4.89. The lowest BCUT2D eigenvalue weighted by molar-refractivity contribution is -0.312. The zero-order chi connectivity index (χ0) is 33.6. The van der Waals surface area contributed by atoms with Crippen molar-refractivity contribution in [2.75, 3.05) is 19.8 Å². The van der Waals surface area contributed by atoms with Crippen molar-refractivity contribution in [2.24, 2.45) is 0 Å². The van der Waals surface area contributed by atoms with Gasteiger partial charge in [-0.05, 0) is 12.8 Å². The highest BCUT2D eigenvalue weighted by atomic mass is 16.7. The fourth-order valence-electron chi connectivity index (χ4n) is 4.89. The monoisotopic (exact) mass is 648 g/mol. The molecule has 1 heterocycles. The molecule has 0 amide bonds. The summed E-state index contributed by atoms with van der Waals surface area (Å²) >= 11 is 0. The van der Waals surface area contributed by atoms with Crippen molar-refractivity contribution >= 4 is 23.9 Å². The molecule has 3 N–H and O–H groups in total. The van der Waals surface area contributed by atoms with Crippen molar-refractivity contribution in [3.05, 3.63) is 0 Å². The molecule has 0 bridgehead atoms. The Morgan fingerprint density at radius 2 is 1.18 bits per heavy atom. The van der Waals surface area contributed by atoms with E-state index in [1.54, 1.807) is 0 Å². The Balaban J connectivity index is 3.16. The van der Waals surface area contributed by atoms with Crippen molar-refractivity contribution < 1.29 is 62.9 Å². The molecule has 0 aromatic carbocycles. The van der Waals surface area contributed by atoms with E-state index in [9.17, 15) is 34.5 Å². The number of carbonyl (C=O) groups excluding carboxylic acids is 4. The van der Waals surface area contributed by atoms with Crippen LogP contribution in [0.25, 0.3) is 0 Å². The van der Waals surface area contributed by atoms with Crippen LogP contribution >= 0.6 is 0 Å². The van der Waals surface area contributed by atoms with Crippen molar-refractivity contribution in [3.8, 4) is 0 Å². The van der Waals surface area contributed by atoms with E-state index < -0.39 is 86.6 Å². The van der Waals surface area contributed by atoms with Crippen molar-refractivity contribution in [2.45, 2.75) is 161 Å². The number of rotatable bonds is 24. The summed E-state index contributed by atoms with van der Waals surface area (Å²) in [6.45, 7) is 4.75. The van der Waals surface area contributed by atoms with Gasteiger partial charge in [-0.3, -0.25) is 19.2 Å². The van der Waals surface area contributed by atoms with Gasteiger partial charge in [-0.2, -0.15) is 0 Å². The van der Waals surface area contributed by atoms with Gasteiger partial charge in [0.1, 0.15) is 24.9 Å². The third-order valence-corrected chi connectivity index (χ3v) is 7.41. The fraction of sp³-hybridized carbons (Fsp3) is 0.875. The van der Waals surface area contributed by atoms with E-state index in [0.717, 1.165) is 45.4 Å². The number of unbranched alkanes of at least 4 members (excludes halogenated alkanes) is 10. The summed E-state index contributed by atoms with van der Waals surface area (Å²) in [6, 6.07) is 0. The molecule has 0 aliphatic carbocycles. The molecule has 0 radical (unpaired) electrons. The molecule has 0 saturated carbocycles. The molecule has 262 valence electrons. The normalized spacial score (nSPS) is 22.7. The summed E-state index contributed by atoms with van der Waals surface area (Å²) in [6.07, 6.45) is 1.82. The second-order valence-corrected chi connectivity index (χ2v) is 11.5. The number of ether oxygens (including phenoxy) is 6. The molecule has 0 aromatic heterocycles. The molecule has 13 nitrogen and oxygen atoms in total. The summed E-state index contributed by atoms with van der Waals surface area (Å²) in [5.41, 5.74) is 0. The number of carbonyl (C=O) groups is 4. The second-order valence-electron chi connectivity index (χ2n) is 11.5. The van der Waals surface area contributed by atoms with E-state index in [2.05, 4.69) is 6.92 Å². The van der Waals surface area contributed by atoms with E-state index in [1.807, 2.05) is 6.92 Å². The van der Waals surface area contributed by atoms with Gasteiger partial charge < -0.3 is 43.7 Å². The Kier molecular flexibility index (Phi) is 21.7. The van der Waals surface area contributed by atoms with Gasteiger partial charge in [-0.25, -0.2) is 0 Å². The molecule has 45 heavy (non-hydrogen) atoms. The van der Waals surface area contributed by atoms with E-state index >= 15 is 0 Å². The van der Waals surface area contributed by atoms with Gasteiger partial charge in [0, 0.05) is 26.7 Å². The average Bonchev–Trinajstić information content (AvgIpc) is 2.99. The molecular weight excluding hydrogens is 592 g/mol. The number of aliphatic hydroxyl groups excluding tert-OH is 3. The second kappa shape index (κ2) is 23.9. The standard InChI is InChI=1S/C32H56O13/c1-5-7-9-10-11-12-13-14-16-18-27(38)44-30-29(42-23(4)35)26(21-40-22(3)34)43-32(41-20-25(37)24(36)19-33)31(30)45-28(39)17-15-8-6-2/h24-26,29-33,36-37H,5-21H2,1-4H3/t24-,25+,26-,29-,30+,31+,32-/m0/s1. The number of aliphatic hydroxyl groups is 3. The Morgan fingerprint density at radius 1 is 0.667 bits per heavy atom. The smallest absolute Gasteiger partial charge is 0.306 e. The molecule has 0 spiro atoms. The van der Waals surface area contributed by atoms with Crippen LogP contribution in [-0.4, -0.2) is 102 Å². The van der Waals surface area contributed by atoms with E-state index in [1.165, 1.54) is 32.6 Å². The lowest BCUT2D eigenvalue weighted by atomic mass is 9.97. The zero-order valence-corrected chi connectivity index (χ0v) is 27.5. The van der Waals surface area contributed by atoms with Gasteiger partial charge in [-0.15, -0.1) is 0 Å². The lowest BCUT2D eigenvalue weighted by Gasteiger charge is -2.44. The first-order valence-corrected chi connectivity index (χ1v) is 16.5. The molecule has 1 fully saturated rings. The molecule has 1 saturated heterocycles. The van der Waals surface area contributed by atoms with Crippen LogP contribution in [0.1, 0.15) is 118 Å². The van der Waals surface area contributed by atoms with Gasteiger partial charge in [0.05, 0.1) is 13.2 Å². The first-order valence-electron chi connectivity index (χ1n) is 16.5. The summed E-state index contributed by atoms with van der Waals surface area (Å²) in [5, 5.41) is 29.1. The van der Waals surface area contributed by atoms with Crippen molar-refractivity contribution in [1.29, 1.82) is 0 Å². The first kappa shape index (κ1) is 40.7. The van der Waals surface area contributed by atoms with Gasteiger partial charge >= 0.3 is 23.9 Å². The molecule has 1 aliphatic rings. The molecule has 7 atom stereocenters. The maximum atomic E-state index is 13.1. The minimum atomic E-state index is -1.54. The van der Waals surface area contributed by atoms with E-state index in [0.29, 0.717) is 12.8 Å². The quantitative estimate of drug-likeness (QED) is 0.0788. The maximum absolute atomic E-state index is 13.1. The molecular formula is C32H56O13. The number of hydrogen-bond donors (Lipinski definition) is 3. The predicted molar refractivity (Wildman–Crippen MR) is 162 cm³/mol. The number of hydrogen-bond acceptors (Lipinski definition) is 13. The van der Waals surface area contributed by atoms with Crippen LogP contribution in [0.15, 0.2) is 0 Å². The summed E-state index contributed by atoms with van der Waals surface area (Å²) in [5.74, 6) is -2.65. The minimum Gasteiger partial charge on any atom is -0.463 e. The van der Waals surface area contributed by atoms with E-state index in [4.69, 9.17) is 28.4 Å². The Morgan fingerprint density at radius 3 is 1.71 bits per heavy atom. The van der Waals surface area contributed by atoms with Crippen LogP contribution in [0.2, 0.25) is 0 Å². The maximum Gasteiger partial charge on any atom is 0.306 e. The zero-order valence-electron chi connectivity index (χ0n) is 27.5. The van der Waals surface area contributed by atoms with Crippen molar-refractivity contribution in [3.63, 3.8) is 0 Å². The molecule has 1 aliphatic heterocycles. The van der Waals surface area contributed by atoms with Gasteiger partial charge in [0.2, 0.25) is 0 Å². The van der Waals surface area contributed by atoms with Gasteiger partial charge in [0.25, 0.3) is 0 Å². The topological polar surface area (TPSA) is 184 Å². The molecule has 0 unspecified atom stereocenters. The lowest BCUT2D eigenvalue weighted by Crippen LogP contribution is -2.63. The van der Waals surface area contributed by atoms with Crippen LogP contribution in [0.5, 0.6) is 0 Å². The minimum absolute atomic E-state index is 0.0527. The highest BCUT2D eigenvalue weighted by Crippen LogP contribution is 2.31. The van der Waals surface area contributed by atoms with Gasteiger partial charge in [0.15, 0.2) is 24.6 Å². The summed E-state index contributed by atoms with van der Waals surface area (Å²) < 4.78 is 33.7. The Hall–Kier alpha value is -2.32. The largest absolute Gasteiger partial charge is 0.463 e. The molecule has 0 aromatic rings. The van der Waals surface area contributed by atoms with Gasteiger partial charge in [-0.1, -0.05) is 78.1 Å². The SMILES string of the molecule is CCCCCCCCCCCC(=O)O[C@@H]1[C@@H](OC(C)=O)[C@H](COC(C)=O)O[C@H](OC[C@@H](O)[C@@H](O)CO)[C@@H]1OC(=O)CCCCC.